The van der Waals surface area contributed by atoms with Crippen LogP contribution in [0.5, 0.6) is 11.5 Å². The predicted molar refractivity (Wildman–Crippen MR) is 127 cm³/mol. The number of ether oxygens (including phenoxy) is 3. The number of esters is 1. The number of fused-ring (bicyclic) bond motifs is 1. The van der Waals surface area contributed by atoms with Crippen LogP contribution < -0.4 is 9.47 Å². The van der Waals surface area contributed by atoms with Gasteiger partial charge in [0.05, 0.1) is 36.1 Å². The highest BCUT2D eigenvalue weighted by Crippen LogP contribution is 2.45. The Balaban J connectivity index is 1.71. The molecule has 0 radical (unpaired) electrons. The molecule has 9 heteroatoms. The van der Waals surface area contributed by atoms with E-state index in [0.717, 1.165) is 10.7 Å². The first-order valence-electron chi connectivity index (χ1n) is 10.3. The summed E-state index contributed by atoms with van der Waals surface area (Å²) in [5.74, 6) is -0.0460. The minimum Gasteiger partial charge on any atom is -0.493 e. The molecule has 33 heavy (non-hydrogen) atoms. The third kappa shape index (κ3) is 4.72. The van der Waals surface area contributed by atoms with Crippen molar-refractivity contribution in [1.82, 2.24) is 4.90 Å². The van der Waals surface area contributed by atoms with Crippen molar-refractivity contribution < 1.29 is 23.4 Å². The van der Waals surface area contributed by atoms with E-state index in [1.807, 2.05) is 16.5 Å². The number of benzene rings is 2. The topological polar surface area (TPSA) is 60.4 Å². The number of rotatable bonds is 7. The quantitative estimate of drug-likeness (QED) is 0.457. The van der Waals surface area contributed by atoms with Gasteiger partial charge < -0.3 is 19.1 Å². The molecule has 0 spiro atoms. The van der Waals surface area contributed by atoms with Crippen LogP contribution in [0.1, 0.15) is 31.0 Å². The molecule has 2 aromatic carbocycles. The summed E-state index contributed by atoms with van der Waals surface area (Å²) in [6, 6.07) is 9.17. The Bertz CT molecular complexity index is 1180. The van der Waals surface area contributed by atoms with Crippen molar-refractivity contribution in [3.05, 3.63) is 81.2 Å². The second-order valence-electron chi connectivity index (χ2n) is 7.28. The molecule has 2 aliphatic heterocycles. The average molecular weight is 489 g/mol. The number of carbonyl (C=O) groups excluding carboxylic acids is 1. The molecule has 1 atom stereocenters. The maximum Gasteiger partial charge on any atom is 0.338 e. The Morgan fingerprint density at radius 3 is 2.85 bits per heavy atom. The van der Waals surface area contributed by atoms with Gasteiger partial charge >= 0.3 is 5.97 Å². The lowest BCUT2D eigenvalue weighted by Gasteiger charge is -2.33. The molecular weight excluding hydrogens is 467 g/mol. The van der Waals surface area contributed by atoms with Gasteiger partial charge in [0.2, 0.25) is 0 Å². The largest absolute Gasteiger partial charge is 0.493 e. The molecular formula is C24H22ClFN2O4S. The van der Waals surface area contributed by atoms with E-state index in [1.54, 1.807) is 38.1 Å². The number of halogens is 2. The van der Waals surface area contributed by atoms with Crippen molar-refractivity contribution >= 4 is 34.5 Å². The van der Waals surface area contributed by atoms with Crippen molar-refractivity contribution in [1.29, 1.82) is 0 Å². The Hall–Kier alpha value is -2.97. The van der Waals surface area contributed by atoms with E-state index in [1.165, 1.54) is 31.0 Å². The van der Waals surface area contributed by atoms with Gasteiger partial charge in [0.15, 0.2) is 16.7 Å². The number of amidine groups is 1. The molecule has 0 saturated heterocycles. The summed E-state index contributed by atoms with van der Waals surface area (Å²) in [4.78, 5) is 19.3. The fraction of sp³-hybridized carbons (Fsp3) is 0.250. The molecule has 0 bridgehead atoms. The highest BCUT2D eigenvalue weighted by atomic mass is 35.5. The Labute approximate surface area is 200 Å². The second kappa shape index (κ2) is 9.89. The fourth-order valence-corrected chi connectivity index (χ4v) is 4.78. The molecule has 0 aliphatic carbocycles. The van der Waals surface area contributed by atoms with Crippen molar-refractivity contribution in [2.45, 2.75) is 26.5 Å². The van der Waals surface area contributed by atoms with Gasteiger partial charge in [-0.05, 0) is 54.6 Å². The van der Waals surface area contributed by atoms with E-state index in [9.17, 15) is 9.18 Å². The molecule has 2 aromatic rings. The first-order chi connectivity index (χ1) is 15.9. The zero-order valence-corrected chi connectivity index (χ0v) is 19.9. The van der Waals surface area contributed by atoms with E-state index in [0.29, 0.717) is 33.4 Å². The minimum absolute atomic E-state index is 0.117. The monoisotopic (exact) mass is 488 g/mol. The standard InChI is InChI=1S/C24H22ClFN2O4S/c1-4-31-23(29)20-14(2)27-24-28(8-9-33-24)21(20)16-11-18(25)22(19(12-16)30-3)32-13-15-6-5-7-17(26)10-15/h5-12,21H,4,13H2,1-3H3/t21-/m0/s1. The van der Waals surface area contributed by atoms with Crippen LogP contribution in [0.3, 0.4) is 0 Å². The maximum absolute atomic E-state index is 13.5. The number of allylic oxidation sites excluding steroid dienone is 1. The zero-order valence-electron chi connectivity index (χ0n) is 18.3. The average Bonchev–Trinajstić information content (AvgIpc) is 3.25. The lowest BCUT2D eigenvalue weighted by atomic mass is 9.94. The van der Waals surface area contributed by atoms with Gasteiger partial charge in [-0.15, -0.1) is 0 Å². The van der Waals surface area contributed by atoms with Crippen LogP contribution in [0.15, 0.2) is 64.3 Å². The molecule has 2 aliphatic rings. The van der Waals surface area contributed by atoms with Gasteiger partial charge in [-0.3, -0.25) is 0 Å². The lowest BCUT2D eigenvalue weighted by Crippen LogP contribution is -2.34. The highest BCUT2D eigenvalue weighted by Gasteiger charge is 2.38. The molecule has 0 saturated carbocycles. The molecule has 0 N–H and O–H groups in total. The summed E-state index contributed by atoms with van der Waals surface area (Å²) < 4.78 is 30.3. The molecule has 0 aromatic heterocycles. The number of thioether (sulfide) groups is 1. The SMILES string of the molecule is CCOC(=O)C1=C(C)N=C2SC=CN2[C@H]1c1cc(Cl)c(OCc2cccc(F)c2)c(OC)c1. The summed E-state index contributed by atoms with van der Waals surface area (Å²) in [5.41, 5.74) is 2.39. The van der Waals surface area contributed by atoms with Crippen molar-refractivity contribution in [2.24, 2.45) is 4.99 Å². The maximum atomic E-state index is 13.5. The van der Waals surface area contributed by atoms with E-state index >= 15 is 0 Å². The van der Waals surface area contributed by atoms with Crippen molar-refractivity contribution in [3.63, 3.8) is 0 Å². The number of aliphatic imine (C=N–C) groups is 1. The van der Waals surface area contributed by atoms with Crippen LogP contribution in [0, 0.1) is 5.82 Å². The van der Waals surface area contributed by atoms with Crippen LogP contribution >= 0.6 is 23.4 Å². The summed E-state index contributed by atoms with van der Waals surface area (Å²) in [6.45, 7) is 3.92. The number of hydrogen-bond donors (Lipinski definition) is 0. The normalized spacial score (nSPS) is 17.1. The van der Waals surface area contributed by atoms with Crippen LogP contribution in [0.2, 0.25) is 5.02 Å². The summed E-state index contributed by atoms with van der Waals surface area (Å²) >= 11 is 8.08. The predicted octanol–water partition coefficient (Wildman–Crippen LogP) is 5.83. The van der Waals surface area contributed by atoms with Gasteiger partial charge in [-0.1, -0.05) is 35.5 Å². The molecule has 6 nitrogen and oxygen atoms in total. The van der Waals surface area contributed by atoms with Crippen LogP contribution in [0.25, 0.3) is 0 Å². The molecule has 0 unspecified atom stereocenters. The fourth-order valence-electron chi connectivity index (χ4n) is 3.72. The third-order valence-corrected chi connectivity index (χ3v) is 6.21. The molecule has 2 heterocycles. The van der Waals surface area contributed by atoms with Gasteiger partial charge in [-0.25, -0.2) is 14.2 Å². The first kappa shape index (κ1) is 23.2. The number of hydrogen-bond acceptors (Lipinski definition) is 7. The van der Waals surface area contributed by atoms with Crippen molar-refractivity contribution in [2.75, 3.05) is 13.7 Å². The Kier molecular flexibility index (Phi) is 6.95. The van der Waals surface area contributed by atoms with E-state index < -0.39 is 12.0 Å². The lowest BCUT2D eigenvalue weighted by molar-refractivity contribution is -0.139. The Morgan fingerprint density at radius 2 is 2.12 bits per heavy atom. The minimum atomic E-state index is -0.494. The molecule has 0 amide bonds. The number of methoxy groups -OCH3 is 1. The smallest absolute Gasteiger partial charge is 0.338 e. The number of nitrogens with zero attached hydrogens (tertiary/aromatic N) is 2. The summed E-state index contributed by atoms with van der Waals surface area (Å²) in [7, 11) is 1.51. The first-order valence-corrected chi connectivity index (χ1v) is 11.5. The summed E-state index contributed by atoms with van der Waals surface area (Å²) in [6.07, 6.45) is 1.87. The molecule has 4 rings (SSSR count). The van der Waals surface area contributed by atoms with Crippen LogP contribution in [-0.4, -0.2) is 29.8 Å². The van der Waals surface area contributed by atoms with Crippen LogP contribution in [0.4, 0.5) is 4.39 Å². The van der Waals surface area contributed by atoms with Gasteiger partial charge in [0.1, 0.15) is 12.4 Å². The van der Waals surface area contributed by atoms with Gasteiger partial charge in [-0.2, -0.15) is 0 Å². The third-order valence-electron chi connectivity index (χ3n) is 5.16. The van der Waals surface area contributed by atoms with E-state index in [2.05, 4.69) is 4.99 Å². The highest BCUT2D eigenvalue weighted by molar-refractivity contribution is 8.16. The van der Waals surface area contributed by atoms with E-state index in [4.69, 9.17) is 25.8 Å². The van der Waals surface area contributed by atoms with Crippen molar-refractivity contribution in [3.8, 4) is 11.5 Å². The zero-order chi connectivity index (χ0) is 23.5. The Morgan fingerprint density at radius 1 is 1.30 bits per heavy atom. The molecule has 0 fully saturated rings. The number of carbonyl (C=O) groups is 1. The molecule has 172 valence electrons. The van der Waals surface area contributed by atoms with Gasteiger partial charge in [0.25, 0.3) is 0 Å². The second-order valence-corrected chi connectivity index (χ2v) is 8.56. The summed E-state index contributed by atoms with van der Waals surface area (Å²) in [5, 5.41) is 2.97. The van der Waals surface area contributed by atoms with E-state index in [-0.39, 0.29) is 19.0 Å². The van der Waals surface area contributed by atoms with Gasteiger partial charge in [0, 0.05) is 6.20 Å². The van der Waals surface area contributed by atoms with Crippen LogP contribution in [-0.2, 0) is 16.1 Å².